The molecule has 4 heterocycles. The molecule has 0 amide bonds. The number of aromatic nitrogens is 3. The van der Waals surface area contributed by atoms with Crippen LogP contribution in [0.3, 0.4) is 0 Å². The molecule has 5 heteroatoms. The zero-order valence-electron chi connectivity index (χ0n) is 24.6. The van der Waals surface area contributed by atoms with Gasteiger partial charge < -0.3 is 8.83 Å². The van der Waals surface area contributed by atoms with Crippen LogP contribution in [0.15, 0.2) is 118 Å². The lowest BCUT2D eigenvalue weighted by atomic mass is 10.0. The summed E-state index contributed by atoms with van der Waals surface area (Å²) in [7, 11) is 0. The van der Waals surface area contributed by atoms with Crippen LogP contribution in [0.2, 0.25) is 0 Å². The number of aryl methyl sites for hydroxylation is 3. The van der Waals surface area contributed by atoms with Crippen LogP contribution in [0.4, 0.5) is 0 Å². The van der Waals surface area contributed by atoms with Gasteiger partial charge in [-0.3, -0.25) is 4.57 Å². The van der Waals surface area contributed by atoms with Crippen molar-refractivity contribution in [2.45, 2.75) is 20.8 Å². The van der Waals surface area contributed by atoms with Crippen LogP contribution in [0.1, 0.15) is 16.7 Å². The van der Waals surface area contributed by atoms with Gasteiger partial charge >= 0.3 is 0 Å². The number of pyridine rings is 1. The first kappa shape index (κ1) is 24.9. The van der Waals surface area contributed by atoms with E-state index in [1.54, 1.807) is 0 Å². The number of nitrogens with zero attached hydrogens (tertiary/aromatic N) is 3. The van der Waals surface area contributed by atoms with E-state index in [-0.39, 0.29) is 0 Å². The van der Waals surface area contributed by atoms with E-state index >= 15 is 0 Å². The SMILES string of the molecule is Cc1cc2c(oc3ccccc32)c(C)c1-n1c(-c2ccc(C)c3c2oc2nc(-c4ccccc4)ccc23)nc2ccccc21. The Morgan fingerprint density at radius 1 is 0.614 bits per heavy atom. The molecular weight excluding hydrogens is 542 g/mol. The van der Waals surface area contributed by atoms with Crippen LogP contribution in [-0.4, -0.2) is 14.5 Å². The highest BCUT2D eigenvalue weighted by atomic mass is 16.3. The minimum atomic E-state index is 0.621. The first-order valence-corrected chi connectivity index (χ1v) is 14.8. The van der Waals surface area contributed by atoms with Crippen molar-refractivity contribution in [2.75, 3.05) is 0 Å². The summed E-state index contributed by atoms with van der Waals surface area (Å²) < 4.78 is 15.4. The van der Waals surface area contributed by atoms with Crippen molar-refractivity contribution in [3.8, 4) is 28.3 Å². The molecule has 9 aromatic rings. The molecule has 0 aliphatic carbocycles. The Morgan fingerprint density at radius 3 is 2.30 bits per heavy atom. The van der Waals surface area contributed by atoms with Gasteiger partial charge in [0.15, 0.2) is 0 Å². The second-order valence-electron chi connectivity index (χ2n) is 11.6. The second-order valence-corrected chi connectivity index (χ2v) is 11.6. The van der Waals surface area contributed by atoms with Crippen molar-refractivity contribution in [1.82, 2.24) is 14.5 Å². The number of furan rings is 2. The van der Waals surface area contributed by atoms with Gasteiger partial charge in [-0.15, -0.1) is 0 Å². The van der Waals surface area contributed by atoms with Crippen LogP contribution in [0.5, 0.6) is 0 Å². The van der Waals surface area contributed by atoms with Crippen molar-refractivity contribution < 1.29 is 8.83 Å². The van der Waals surface area contributed by atoms with Gasteiger partial charge in [0.2, 0.25) is 5.71 Å². The highest BCUT2D eigenvalue weighted by Gasteiger charge is 2.24. The van der Waals surface area contributed by atoms with Gasteiger partial charge in [0.25, 0.3) is 0 Å². The lowest BCUT2D eigenvalue weighted by molar-refractivity contribution is 0.655. The van der Waals surface area contributed by atoms with Crippen molar-refractivity contribution >= 4 is 55.0 Å². The van der Waals surface area contributed by atoms with Crippen LogP contribution < -0.4 is 0 Å². The van der Waals surface area contributed by atoms with Crippen LogP contribution >= 0.6 is 0 Å². The number of benzene rings is 5. The minimum absolute atomic E-state index is 0.621. The summed E-state index contributed by atoms with van der Waals surface area (Å²) in [6.45, 7) is 6.44. The highest BCUT2D eigenvalue weighted by molar-refractivity contribution is 6.11. The van der Waals surface area contributed by atoms with E-state index < -0.39 is 0 Å². The Bertz CT molecular complexity index is 2590. The molecule has 0 N–H and O–H groups in total. The third-order valence-corrected chi connectivity index (χ3v) is 8.85. The summed E-state index contributed by atoms with van der Waals surface area (Å²) in [6.07, 6.45) is 0. The summed E-state index contributed by atoms with van der Waals surface area (Å²) in [5.41, 5.74) is 12.4. The van der Waals surface area contributed by atoms with Gasteiger partial charge in [0.05, 0.1) is 28.0 Å². The van der Waals surface area contributed by atoms with Crippen LogP contribution in [-0.2, 0) is 0 Å². The van der Waals surface area contributed by atoms with Gasteiger partial charge in [-0.1, -0.05) is 66.7 Å². The van der Waals surface area contributed by atoms with Crippen molar-refractivity contribution in [3.05, 3.63) is 126 Å². The number of para-hydroxylation sites is 3. The Balaban J connectivity index is 1.35. The summed E-state index contributed by atoms with van der Waals surface area (Å²) in [6, 6.07) is 37.5. The van der Waals surface area contributed by atoms with Gasteiger partial charge in [-0.2, -0.15) is 0 Å². The fraction of sp³-hybridized carbons (Fsp3) is 0.0769. The molecule has 0 radical (unpaired) electrons. The van der Waals surface area contributed by atoms with Gasteiger partial charge in [0, 0.05) is 32.7 Å². The molecular formula is C39H27N3O2. The van der Waals surface area contributed by atoms with Crippen molar-refractivity contribution in [3.63, 3.8) is 0 Å². The monoisotopic (exact) mass is 569 g/mol. The zero-order chi connectivity index (χ0) is 29.5. The average Bonchev–Trinajstić information content (AvgIpc) is 3.74. The highest BCUT2D eigenvalue weighted by Crippen LogP contribution is 2.42. The largest absolute Gasteiger partial charge is 0.456 e. The third-order valence-electron chi connectivity index (χ3n) is 8.85. The predicted octanol–water partition coefficient (Wildman–Crippen LogP) is 10.5. The van der Waals surface area contributed by atoms with Crippen LogP contribution in [0.25, 0.3) is 83.4 Å². The molecule has 210 valence electrons. The fourth-order valence-corrected chi connectivity index (χ4v) is 6.83. The Morgan fingerprint density at radius 2 is 1.41 bits per heavy atom. The third kappa shape index (κ3) is 3.47. The van der Waals surface area contributed by atoms with E-state index in [1.165, 1.54) is 0 Å². The van der Waals surface area contributed by atoms with E-state index in [9.17, 15) is 0 Å². The molecule has 0 saturated carbocycles. The first-order chi connectivity index (χ1) is 21.6. The molecule has 0 spiro atoms. The van der Waals surface area contributed by atoms with Gasteiger partial charge in [0.1, 0.15) is 22.6 Å². The number of fused-ring (bicyclic) bond motifs is 7. The number of rotatable bonds is 3. The molecule has 0 bridgehead atoms. The smallest absolute Gasteiger partial charge is 0.227 e. The Labute approximate surface area is 253 Å². The summed E-state index contributed by atoms with van der Waals surface area (Å²) in [5.74, 6) is 0.820. The molecule has 9 rings (SSSR count). The second kappa shape index (κ2) is 9.16. The lowest BCUT2D eigenvalue weighted by Gasteiger charge is -2.16. The molecule has 0 aliphatic rings. The molecule has 5 nitrogen and oxygen atoms in total. The quantitative estimate of drug-likeness (QED) is 0.212. The Kier molecular flexibility index (Phi) is 5.18. The summed E-state index contributed by atoms with van der Waals surface area (Å²) in [5, 5.41) is 4.31. The topological polar surface area (TPSA) is 57.0 Å². The molecule has 0 saturated heterocycles. The maximum Gasteiger partial charge on any atom is 0.227 e. The molecule has 0 aliphatic heterocycles. The molecule has 0 unspecified atom stereocenters. The van der Waals surface area contributed by atoms with E-state index in [2.05, 4.69) is 98.1 Å². The van der Waals surface area contributed by atoms with Crippen molar-refractivity contribution in [1.29, 1.82) is 0 Å². The number of hydrogen-bond donors (Lipinski definition) is 0. The molecule has 44 heavy (non-hydrogen) atoms. The maximum atomic E-state index is 6.66. The standard InChI is InChI=1S/C39H27N3O2/c1-22-17-18-28(37-34(22)27-19-20-30(41-39(27)44-37)25-11-5-4-6-12-25)38-40-31-14-8-9-15-32(31)42(38)35-23(2)21-29-26-13-7-10-16-33(26)43-36(29)24(35)3/h4-21H,1-3H3. The fourth-order valence-electron chi connectivity index (χ4n) is 6.83. The van der Waals surface area contributed by atoms with Gasteiger partial charge in [-0.25, -0.2) is 9.97 Å². The average molecular weight is 570 g/mol. The van der Waals surface area contributed by atoms with E-state index in [0.29, 0.717) is 5.71 Å². The molecule has 4 aromatic heterocycles. The zero-order valence-corrected chi connectivity index (χ0v) is 24.6. The number of imidazole rings is 1. The minimum Gasteiger partial charge on any atom is -0.456 e. The van der Waals surface area contributed by atoms with E-state index in [4.69, 9.17) is 18.8 Å². The normalized spacial score (nSPS) is 12.0. The number of hydrogen-bond acceptors (Lipinski definition) is 4. The molecule has 5 aromatic carbocycles. The van der Waals surface area contributed by atoms with Crippen molar-refractivity contribution in [2.24, 2.45) is 0 Å². The lowest BCUT2D eigenvalue weighted by Crippen LogP contribution is -2.03. The van der Waals surface area contributed by atoms with Crippen LogP contribution in [0, 0.1) is 20.8 Å². The van der Waals surface area contributed by atoms with Gasteiger partial charge in [-0.05, 0) is 74.4 Å². The predicted molar refractivity (Wildman–Crippen MR) is 179 cm³/mol. The first-order valence-electron chi connectivity index (χ1n) is 14.8. The molecule has 0 atom stereocenters. The van der Waals surface area contributed by atoms with E-state index in [0.717, 1.165) is 94.4 Å². The van der Waals surface area contributed by atoms with E-state index in [1.807, 2.05) is 36.4 Å². The molecule has 0 fully saturated rings. The maximum absolute atomic E-state index is 6.66. The summed E-state index contributed by atoms with van der Waals surface area (Å²) in [4.78, 5) is 10.2. The summed E-state index contributed by atoms with van der Waals surface area (Å²) >= 11 is 0. The Hall–Kier alpha value is -5.68.